The molecule has 0 amide bonds. The number of rotatable bonds is 5. The van der Waals surface area contributed by atoms with Crippen molar-refractivity contribution in [1.82, 2.24) is 9.80 Å². The van der Waals surface area contributed by atoms with E-state index in [9.17, 15) is 4.79 Å². The van der Waals surface area contributed by atoms with Crippen molar-refractivity contribution in [2.24, 2.45) is 0 Å². The number of piperazine rings is 1. The Kier molecular flexibility index (Phi) is 5.46. The Bertz CT molecular complexity index is 966. The van der Waals surface area contributed by atoms with E-state index in [1.54, 1.807) is 6.92 Å². The molecular weight excluding hydrogens is 352 g/mol. The summed E-state index contributed by atoms with van der Waals surface area (Å²) >= 11 is 0. The van der Waals surface area contributed by atoms with Crippen LogP contribution in [0.3, 0.4) is 0 Å². The molecular formula is C23H26N2O3. The summed E-state index contributed by atoms with van der Waals surface area (Å²) in [5.41, 5.74) is 1.91. The van der Waals surface area contributed by atoms with Crippen LogP contribution in [0, 0.1) is 6.92 Å². The van der Waals surface area contributed by atoms with E-state index < -0.39 is 0 Å². The van der Waals surface area contributed by atoms with Crippen LogP contribution in [0.2, 0.25) is 0 Å². The maximum atomic E-state index is 11.7. The molecule has 0 unspecified atom stereocenters. The fourth-order valence-electron chi connectivity index (χ4n) is 3.93. The second-order valence-corrected chi connectivity index (χ2v) is 7.36. The quantitative estimate of drug-likeness (QED) is 0.631. The lowest BCUT2D eigenvalue weighted by molar-refractivity contribution is 0.0599. The molecule has 28 heavy (non-hydrogen) atoms. The monoisotopic (exact) mass is 378 g/mol. The molecule has 1 aliphatic rings. The van der Waals surface area contributed by atoms with Gasteiger partial charge in [-0.15, -0.1) is 0 Å². The zero-order valence-corrected chi connectivity index (χ0v) is 16.5. The molecule has 2 heterocycles. The Morgan fingerprint density at radius 1 is 1.00 bits per heavy atom. The van der Waals surface area contributed by atoms with Crippen molar-refractivity contribution in [3.63, 3.8) is 0 Å². The fraction of sp³-hybridized carbons (Fsp3) is 0.348. The molecule has 0 atom stereocenters. The second kappa shape index (κ2) is 8.17. The summed E-state index contributed by atoms with van der Waals surface area (Å²) in [5.74, 6) is 1.10. The lowest BCUT2D eigenvalue weighted by Gasteiger charge is -2.34. The number of aryl methyl sites for hydroxylation is 1. The molecule has 0 radical (unpaired) electrons. The minimum absolute atomic E-state index is 0.340. The Labute approximate surface area is 165 Å². The number of furan rings is 1. The molecule has 0 aliphatic carbocycles. The van der Waals surface area contributed by atoms with Crippen LogP contribution in [0.4, 0.5) is 0 Å². The van der Waals surface area contributed by atoms with Crippen LogP contribution in [-0.4, -0.2) is 49.1 Å². The van der Waals surface area contributed by atoms with Gasteiger partial charge in [0.2, 0.25) is 0 Å². The number of methoxy groups -OCH3 is 1. The minimum atomic E-state index is -0.340. The van der Waals surface area contributed by atoms with Crippen LogP contribution >= 0.6 is 0 Å². The number of carbonyl (C=O) groups excluding carboxylic acids is 1. The van der Waals surface area contributed by atoms with Crippen LogP contribution in [0.25, 0.3) is 10.8 Å². The van der Waals surface area contributed by atoms with Gasteiger partial charge in [-0.2, -0.15) is 0 Å². The molecule has 5 heteroatoms. The molecule has 0 spiro atoms. The maximum Gasteiger partial charge on any atom is 0.341 e. The van der Waals surface area contributed by atoms with E-state index in [1.807, 2.05) is 6.07 Å². The molecule has 0 saturated carbocycles. The van der Waals surface area contributed by atoms with Crippen molar-refractivity contribution >= 4 is 16.7 Å². The van der Waals surface area contributed by atoms with Crippen molar-refractivity contribution in [1.29, 1.82) is 0 Å². The number of ether oxygens (including phenoxy) is 1. The maximum absolute atomic E-state index is 11.7. The molecule has 1 saturated heterocycles. The lowest BCUT2D eigenvalue weighted by Crippen LogP contribution is -2.45. The summed E-state index contributed by atoms with van der Waals surface area (Å²) in [7, 11) is 1.39. The van der Waals surface area contributed by atoms with Crippen LogP contribution in [0.1, 0.15) is 27.4 Å². The second-order valence-electron chi connectivity index (χ2n) is 7.36. The number of hydrogen-bond acceptors (Lipinski definition) is 5. The van der Waals surface area contributed by atoms with Gasteiger partial charge in [0.05, 0.1) is 13.7 Å². The van der Waals surface area contributed by atoms with Crippen molar-refractivity contribution < 1.29 is 13.9 Å². The highest BCUT2D eigenvalue weighted by Crippen LogP contribution is 2.22. The zero-order chi connectivity index (χ0) is 19.5. The first-order valence-corrected chi connectivity index (χ1v) is 9.73. The first-order chi connectivity index (χ1) is 13.6. The predicted octanol–water partition coefficient (Wildman–Crippen LogP) is 3.85. The van der Waals surface area contributed by atoms with E-state index >= 15 is 0 Å². The van der Waals surface area contributed by atoms with Crippen molar-refractivity contribution in [2.45, 2.75) is 20.0 Å². The largest absolute Gasteiger partial charge is 0.465 e. The topological polar surface area (TPSA) is 45.9 Å². The number of esters is 1. The van der Waals surface area contributed by atoms with Gasteiger partial charge in [0.25, 0.3) is 0 Å². The van der Waals surface area contributed by atoms with Crippen molar-refractivity contribution in [2.75, 3.05) is 33.3 Å². The summed E-state index contributed by atoms with van der Waals surface area (Å²) in [4.78, 5) is 16.6. The van der Waals surface area contributed by atoms with E-state index in [0.717, 1.165) is 45.0 Å². The van der Waals surface area contributed by atoms with E-state index in [0.29, 0.717) is 11.3 Å². The van der Waals surface area contributed by atoms with Gasteiger partial charge in [-0.25, -0.2) is 4.79 Å². The number of hydrogen-bond donors (Lipinski definition) is 0. The smallest absolute Gasteiger partial charge is 0.341 e. The third kappa shape index (κ3) is 3.96. The Hall–Kier alpha value is -2.63. The van der Waals surface area contributed by atoms with Gasteiger partial charge in [-0.1, -0.05) is 42.5 Å². The average Bonchev–Trinajstić information content (AvgIpc) is 3.09. The molecule has 146 valence electrons. The highest BCUT2D eigenvalue weighted by molar-refractivity contribution is 5.90. The van der Waals surface area contributed by atoms with Gasteiger partial charge in [-0.05, 0) is 29.3 Å². The predicted molar refractivity (Wildman–Crippen MR) is 109 cm³/mol. The van der Waals surface area contributed by atoms with E-state index in [2.05, 4.69) is 52.3 Å². The lowest BCUT2D eigenvalue weighted by atomic mass is 10.0. The van der Waals surface area contributed by atoms with E-state index in [-0.39, 0.29) is 5.97 Å². The van der Waals surface area contributed by atoms with Gasteiger partial charge in [0.15, 0.2) is 0 Å². The molecule has 1 aromatic heterocycles. The third-order valence-electron chi connectivity index (χ3n) is 5.49. The first-order valence-electron chi connectivity index (χ1n) is 9.73. The molecule has 0 N–H and O–H groups in total. The van der Waals surface area contributed by atoms with Gasteiger partial charge in [-0.3, -0.25) is 9.80 Å². The molecule has 1 aliphatic heterocycles. The fourth-order valence-corrected chi connectivity index (χ4v) is 3.93. The average molecular weight is 378 g/mol. The Balaban J connectivity index is 1.35. The SMILES string of the molecule is COC(=O)c1cc(CN2CCN(Cc3cccc4ccccc34)CC2)oc1C. The summed E-state index contributed by atoms with van der Waals surface area (Å²) < 4.78 is 10.6. The van der Waals surface area contributed by atoms with Crippen LogP contribution in [-0.2, 0) is 17.8 Å². The summed E-state index contributed by atoms with van der Waals surface area (Å²) in [6, 6.07) is 16.9. The third-order valence-corrected chi connectivity index (χ3v) is 5.49. The van der Waals surface area contributed by atoms with E-state index in [1.165, 1.54) is 23.4 Å². The zero-order valence-electron chi connectivity index (χ0n) is 16.5. The molecule has 2 aromatic carbocycles. The van der Waals surface area contributed by atoms with Gasteiger partial charge < -0.3 is 9.15 Å². The highest BCUT2D eigenvalue weighted by Gasteiger charge is 2.21. The van der Waals surface area contributed by atoms with E-state index in [4.69, 9.17) is 9.15 Å². The Morgan fingerprint density at radius 3 is 2.43 bits per heavy atom. The van der Waals surface area contributed by atoms with Crippen molar-refractivity contribution in [3.05, 3.63) is 71.2 Å². The number of fused-ring (bicyclic) bond motifs is 1. The standard InChI is InChI=1S/C23H26N2O3/c1-17-22(23(26)27-2)14-20(28-17)16-25-12-10-24(11-13-25)15-19-8-5-7-18-6-3-4-9-21(18)19/h3-9,14H,10-13,15-16H2,1-2H3. The number of nitrogens with zero attached hydrogens (tertiary/aromatic N) is 2. The number of benzene rings is 2. The highest BCUT2D eigenvalue weighted by atomic mass is 16.5. The van der Waals surface area contributed by atoms with Crippen LogP contribution in [0.5, 0.6) is 0 Å². The molecule has 0 bridgehead atoms. The molecule has 3 aromatic rings. The molecule has 5 nitrogen and oxygen atoms in total. The van der Waals surface area contributed by atoms with Crippen molar-refractivity contribution in [3.8, 4) is 0 Å². The normalized spacial score (nSPS) is 15.8. The summed E-state index contributed by atoms with van der Waals surface area (Å²) in [6.07, 6.45) is 0. The van der Waals surface area contributed by atoms with Gasteiger partial charge >= 0.3 is 5.97 Å². The van der Waals surface area contributed by atoms with Gasteiger partial charge in [0, 0.05) is 32.7 Å². The van der Waals surface area contributed by atoms with Crippen LogP contribution < -0.4 is 0 Å². The first kappa shape index (κ1) is 18.7. The van der Waals surface area contributed by atoms with Crippen LogP contribution in [0.15, 0.2) is 52.9 Å². The molecule has 4 rings (SSSR count). The number of carbonyl (C=O) groups is 1. The summed E-state index contributed by atoms with van der Waals surface area (Å²) in [5, 5.41) is 2.64. The van der Waals surface area contributed by atoms with Gasteiger partial charge in [0.1, 0.15) is 17.1 Å². The molecule has 1 fully saturated rings. The Morgan fingerprint density at radius 2 is 1.68 bits per heavy atom. The summed E-state index contributed by atoms with van der Waals surface area (Å²) in [6.45, 7) is 7.51. The minimum Gasteiger partial charge on any atom is -0.465 e.